The van der Waals surface area contributed by atoms with E-state index in [2.05, 4.69) is 4.72 Å². The molecule has 0 aliphatic heterocycles. The summed E-state index contributed by atoms with van der Waals surface area (Å²) in [5, 5.41) is 2.56. The van der Waals surface area contributed by atoms with Gasteiger partial charge < -0.3 is 0 Å². The number of anilines is 1. The van der Waals surface area contributed by atoms with E-state index in [4.69, 9.17) is 23.2 Å². The molecule has 23 heavy (non-hydrogen) atoms. The summed E-state index contributed by atoms with van der Waals surface area (Å²) < 4.78 is 27.7. The predicted octanol–water partition coefficient (Wildman–Crippen LogP) is 5.26. The highest BCUT2D eigenvalue weighted by atomic mass is 35.5. The number of hydrogen-bond acceptors (Lipinski definition) is 2. The quantitative estimate of drug-likeness (QED) is 0.688. The first-order chi connectivity index (χ1) is 10.8. The number of nitrogens with one attached hydrogen (secondary N) is 1. The molecule has 0 saturated heterocycles. The van der Waals surface area contributed by atoms with Gasteiger partial charge in [-0.15, -0.1) is 0 Å². The van der Waals surface area contributed by atoms with Gasteiger partial charge in [0.2, 0.25) is 0 Å². The molecule has 1 N–H and O–H groups in total. The first kappa shape index (κ1) is 16.1. The number of fused-ring (bicyclic) bond motifs is 1. The maximum atomic E-state index is 12.6. The minimum absolute atomic E-state index is 0.0301. The lowest BCUT2D eigenvalue weighted by Gasteiger charge is -2.12. The SMILES string of the molecule is Cc1cc2ccccc2cc1NS(=O)(=O)c1cc(Cl)cc(Cl)c1. The fourth-order valence-electron chi connectivity index (χ4n) is 2.35. The average molecular weight is 366 g/mol. The van der Waals surface area contributed by atoms with Crippen molar-refractivity contribution in [1.29, 1.82) is 0 Å². The number of rotatable bonds is 3. The number of benzene rings is 3. The molecule has 0 unspecified atom stereocenters. The Labute approximate surface area is 144 Å². The maximum absolute atomic E-state index is 12.6. The fourth-order valence-corrected chi connectivity index (χ4v) is 4.20. The van der Waals surface area contributed by atoms with Gasteiger partial charge in [-0.3, -0.25) is 4.72 Å². The van der Waals surface area contributed by atoms with E-state index in [-0.39, 0.29) is 14.9 Å². The third-order valence-corrected chi connectivity index (χ3v) is 5.26. The molecule has 0 atom stereocenters. The van der Waals surface area contributed by atoms with Crippen LogP contribution in [0.5, 0.6) is 0 Å². The van der Waals surface area contributed by atoms with Crippen LogP contribution in [0.2, 0.25) is 10.0 Å². The summed E-state index contributed by atoms with van der Waals surface area (Å²) in [5.74, 6) is 0. The largest absolute Gasteiger partial charge is 0.279 e. The second kappa shape index (κ2) is 6.04. The van der Waals surface area contributed by atoms with Gasteiger partial charge in [0, 0.05) is 10.0 Å². The molecule has 3 aromatic carbocycles. The van der Waals surface area contributed by atoms with Crippen LogP contribution in [0, 0.1) is 6.92 Å². The predicted molar refractivity (Wildman–Crippen MR) is 96.0 cm³/mol. The van der Waals surface area contributed by atoms with Crippen LogP contribution in [0.1, 0.15) is 5.56 Å². The Balaban J connectivity index is 2.05. The second-order valence-electron chi connectivity index (χ2n) is 5.22. The standard InChI is InChI=1S/C17H13Cl2NO2S/c1-11-6-12-4-2-3-5-13(12)7-17(11)20-23(21,22)16-9-14(18)8-15(19)10-16/h2-10,20H,1H3. The Hall–Kier alpha value is -1.75. The van der Waals surface area contributed by atoms with Crippen molar-refractivity contribution in [3.8, 4) is 0 Å². The van der Waals surface area contributed by atoms with Gasteiger partial charge in [0.05, 0.1) is 10.6 Å². The second-order valence-corrected chi connectivity index (χ2v) is 7.78. The third kappa shape index (κ3) is 3.44. The molecule has 0 fully saturated rings. The first-order valence-corrected chi connectivity index (χ1v) is 9.07. The molecule has 0 aliphatic rings. The summed E-state index contributed by atoms with van der Waals surface area (Å²) in [6.45, 7) is 1.86. The van der Waals surface area contributed by atoms with E-state index < -0.39 is 10.0 Å². The molecular weight excluding hydrogens is 353 g/mol. The van der Waals surface area contributed by atoms with Gasteiger partial charge in [-0.1, -0.05) is 47.5 Å². The lowest BCUT2D eigenvalue weighted by Crippen LogP contribution is -2.13. The molecule has 0 aromatic heterocycles. The van der Waals surface area contributed by atoms with Gasteiger partial charge >= 0.3 is 0 Å². The van der Waals surface area contributed by atoms with Crippen molar-refractivity contribution >= 4 is 49.7 Å². The normalized spacial score (nSPS) is 11.6. The maximum Gasteiger partial charge on any atom is 0.262 e. The molecule has 118 valence electrons. The van der Waals surface area contributed by atoms with E-state index >= 15 is 0 Å². The summed E-state index contributed by atoms with van der Waals surface area (Å²) in [6, 6.07) is 15.8. The molecule has 0 bridgehead atoms. The molecule has 0 spiro atoms. The topological polar surface area (TPSA) is 46.2 Å². The van der Waals surface area contributed by atoms with E-state index in [0.717, 1.165) is 16.3 Å². The Bertz CT molecular complexity index is 980. The van der Waals surface area contributed by atoms with E-state index in [1.165, 1.54) is 18.2 Å². The molecule has 0 aliphatic carbocycles. The summed E-state index contributed by atoms with van der Waals surface area (Å²) >= 11 is 11.8. The van der Waals surface area contributed by atoms with Crippen molar-refractivity contribution in [1.82, 2.24) is 0 Å². The van der Waals surface area contributed by atoms with E-state index in [0.29, 0.717) is 5.69 Å². The Morgan fingerprint density at radius 1 is 0.870 bits per heavy atom. The van der Waals surface area contributed by atoms with Crippen LogP contribution in [0.3, 0.4) is 0 Å². The minimum atomic E-state index is -3.77. The minimum Gasteiger partial charge on any atom is -0.279 e. The summed E-state index contributed by atoms with van der Waals surface area (Å²) in [6.07, 6.45) is 0. The van der Waals surface area contributed by atoms with Gasteiger partial charge in [0.25, 0.3) is 10.0 Å². The van der Waals surface area contributed by atoms with E-state index in [1.807, 2.05) is 43.3 Å². The van der Waals surface area contributed by atoms with Crippen LogP contribution >= 0.6 is 23.2 Å². The molecule has 0 saturated carbocycles. The van der Waals surface area contributed by atoms with E-state index in [1.54, 1.807) is 0 Å². The Morgan fingerprint density at radius 3 is 2.04 bits per heavy atom. The lowest BCUT2D eigenvalue weighted by atomic mass is 10.1. The summed E-state index contributed by atoms with van der Waals surface area (Å²) in [5.41, 5.74) is 1.36. The van der Waals surface area contributed by atoms with Crippen molar-refractivity contribution < 1.29 is 8.42 Å². The van der Waals surface area contributed by atoms with Crippen LogP contribution in [0.25, 0.3) is 10.8 Å². The number of hydrogen-bond donors (Lipinski definition) is 1. The number of aryl methyl sites for hydroxylation is 1. The van der Waals surface area contributed by atoms with Crippen molar-refractivity contribution in [3.63, 3.8) is 0 Å². The molecular formula is C17H13Cl2NO2S. The zero-order chi connectivity index (χ0) is 16.6. The van der Waals surface area contributed by atoms with Crippen molar-refractivity contribution in [3.05, 3.63) is 70.2 Å². The third-order valence-electron chi connectivity index (χ3n) is 3.48. The van der Waals surface area contributed by atoms with Crippen LogP contribution in [0.15, 0.2) is 59.5 Å². The molecule has 3 aromatic rings. The van der Waals surface area contributed by atoms with Gasteiger partial charge in [-0.05, 0) is 53.6 Å². The molecule has 0 heterocycles. The zero-order valence-electron chi connectivity index (χ0n) is 12.2. The zero-order valence-corrected chi connectivity index (χ0v) is 14.5. The first-order valence-electron chi connectivity index (χ1n) is 6.83. The smallest absolute Gasteiger partial charge is 0.262 e. The Morgan fingerprint density at radius 2 is 1.43 bits per heavy atom. The molecule has 3 rings (SSSR count). The van der Waals surface area contributed by atoms with E-state index in [9.17, 15) is 8.42 Å². The van der Waals surface area contributed by atoms with Gasteiger partial charge in [0.1, 0.15) is 0 Å². The monoisotopic (exact) mass is 365 g/mol. The van der Waals surface area contributed by atoms with Gasteiger partial charge in [-0.25, -0.2) is 8.42 Å². The molecule has 0 radical (unpaired) electrons. The van der Waals surface area contributed by atoms with Crippen molar-refractivity contribution in [2.75, 3.05) is 4.72 Å². The van der Waals surface area contributed by atoms with Crippen molar-refractivity contribution in [2.24, 2.45) is 0 Å². The molecule has 0 amide bonds. The number of halogens is 2. The van der Waals surface area contributed by atoms with Crippen LogP contribution in [0.4, 0.5) is 5.69 Å². The van der Waals surface area contributed by atoms with Gasteiger partial charge in [0.15, 0.2) is 0 Å². The average Bonchev–Trinajstić information content (AvgIpc) is 2.47. The number of sulfonamides is 1. The van der Waals surface area contributed by atoms with Crippen molar-refractivity contribution in [2.45, 2.75) is 11.8 Å². The lowest BCUT2D eigenvalue weighted by molar-refractivity contribution is 0.601. The highest BCUT2D eigenvalue weighted by Crippen LogP contribution is 2.28. The molecule has 6 heteroatoms. The fraction of sp³-hybridized carbons (Fsp3) is 0.0588. The van der Waals surface area contributed by atoms with Crippen LogP contribution in [-0.4, -0.2) is 8.42 Å². The van der Waals surface area contributed by atoms with Gasteiger partial charge in [-0.2, -0.15) is 0 Å². The molecule has 3 nitrogen and oxygen atoms in total. The highest BCUT2D eigenvalue weighted by Gasteiger charge is 2.17. The highest BCUT2D eigenvalue weighted by molar-refractivity contribution is 7.92. The van der Waals surface area contributed by atoms with Crippen LogP contribution < -0.4 is 4.72 Å². The summed E-state index contributed by atoms with van der Waals surface area (Å²) in [7, 11) is -3.77. The Kier molecular flexibility index (Phi) is 4.23. The summed E-state index contributed by atoms with van der Waals surface area (Å²) in [4.78, 5) is 0.0301. The van der Waals surface area contributed by atoms with Crippen LogP contribution in [-0.2, 0) is 10.0 Å².